The molecule has 1 heterocycles. The maximum absolute atomic E-state index is 12.5. The van der Waals surface area contributed by atoms with Crippen molar-refractivity contribution in [1.29, 1.82) is 5.26 Å². The van der Waals surface area contributed by atoms with E-state index in [2.05, 4.69) is 106 Å². The molecule has 1 fully saturated rings. The SMILES string of the molecule is CC/C=C/C=C(C#N)\C=C(/C)CCC.CCCCC.C\C=C(C(/C(C)=N/C=C/CC)=C(/C)N1CCN(C(=O)C(C)C)C(C)C1)\C(C)CC. The number of carbonyl (C=O) groups is 1. The van der Waals surface area contributed by atoms with Gasteiger partial charge in [0.25, 0.3) is 0 Å². The second-order valence-electron chi connectivity index (χ2n) is 13.2. The minimum absolute atomic E-state index is 0.0518. The van der Waals surface area contributed by atoms with E-state index in [0.717, 1.165) is 63.0 Å². The molecule has 1 amide bonds. The highest BCUT2D eigenvalue weighted by molar-refractivity contribution is 6.03. The van der Waals surface area contributed by atoms with E-state index in [1.165, 1.54) is 41.7 Å². The number of nitrogens with zero attached hydrogens (tertiary/aromatic N) is 4. The minimum atomic E-state index is 0.0518. The van der Waals surface area contributed by atoms with Crippen LogP contribution in [-0.4, -0.2) is 47.1 Å². The Kier molecular flexibility index (Phi) is 28.2. The van der Waals surface area contributed by atoms with Gasteiger partial charge in [0, 0.05) is 54.8 Å². The maximum atomic E-state index is 12.5. The largest absolute Gasteiger partial charge is 0.371 e. The third-order valence-corrected chi connectivity index (χ3v) is 8.48. The average Bonchev–Trinajstić information content (AvgIpc) is 3.06. The second-order valence-corrected chi connectivity index (χ2v) is 13.2. The Labute approximate surface area is 298 Å². The summed E-state index contributed by atoms with van der Waals surface area (Å²) in [5, 5.41) is 8.85. The molecular formula is C43H74N4O. The lowest BCUT2D eigenvalue weighted by molar-refractivity contribution is -0.138. The van der Waals surface area contributed by atoms with Crippen LogP contribution < -0.4 is 0 Å². The summed E-state index contributed by atoms with van der Waals surface area (Å²) in [7, 11) is 0. The predicted molar refractivity (Wildman–Crippen MR) is 213 cm³/mol. The molecule has 0 saturated carbocycles. The molecule has 1 rings (SSSR count). The third-order valence-electron chi connectivity index (χ3n) is 8.48. The summed E-state index contributed by atoms with van der Waals surface area (Å²) in [6, 6.07) is 2.40. The van der Waals surface area contributed by atoms with E-state index in [4.69, 9.17) is 10.3 Å². The van der Waals surface area contributed by atoms with Crippen molar-refractivity contribution >= 4 is 11.6 Å². The molecule has 0 aromatic heterocycles. The van der Waals surface area contributed by atoms with Crippen LogP contribution in [0.1, 0.15) is 148 Å². The summed E-state index contributed by atoms with van der Waals surface area (Å²) >= 11 is 0. The number of amides is 1. The van der Waals surface area contributed by atoms with Crippen molar-refractivity contribution in [2.45, 2.75) is 154 Å². The smallest absolute Gasteiger partial charge is 0.225 e. The first-order chi connectivity index (χ1) is 22.8. The van der Waals surface area contributed by atoms with Crippen LogP contribution in [0.25, 0.3) is 0 Å². The fourth-order valence-electron chi connectivity index (χ4n) is 5.50. The van der Waals surface area contributed by atoms with Crippen molar-refractivity contribution in [1.82, 2.24) is 9.80 Å². The summed E-state index contributed by atoms with van der Waals surface area (Å²) < 4.78 is 0. The molecule has 0 radical (unpaired) electrons. The van der Waals surface area contributed by atoms with Crippen LogP contribution in [0.5, 0.6) is 0 Å². The number of hydrogen-bond acceptors (Lipinski definition) is 4. The number of unbranched alkanes of at least 4 members (excludes halogenated alkanes) is 2. The fourth-order valence-corrected chi connectivity index (χ4v) is 5.50. The van der Waals surface area contributed by atoms with Crippen LogP contribution in [-0.2, 0) is 4.79 Å². The first kappa shape index (κ1) is 47.0. The maximum Gasteiger partial charge on any atom is 0.225 e. The first-order valence-corrected chi connectivity index (χ1v) is 18.9. The summed E-state index contributed by atoms with van der Waals surface area (Å²) in [6.07, 6.45) is 23.4. The Bertz CT molecular complexity index is 1150. The van der Waals surface area contributed by atoms with Gasteiger partial charge < -0.3 is 9.80 Å². The van der Waals surface area contributed by atoms with Crippen molar-refractivity contribution in [3.63, 3.8) is 0 Å². The summed E-state index contributed by atoms with van der Waals surface area (Å²) in [5.41, 5.74) is 6.97. The molecule has 272 valence electrons. The zero-order chi connectivity index (χ0) is 37.1. The Morgan fingerprint density at radius 3 is 2.02 bits per heavy atom. The molecule has 1 saturated heterocycles. The highest BCUT2D eigenvalue weighted by atomic mass is 16.2. The number of aliphatic imine (C=N–C) groups is 1. The summed E-state index contributed by atoms with van der Waals surface area (Å²) in [4.78, 5) is 21.8. The highest BCUT2D eigenvalue weighted by Gasteiger charge is 2.30. The normalized spacial score (nSPS) is 17.5. The van der Waals surface area contributed by atoms with Crippen LogP contribution in [0, 0.1) is 23.2 Å². The Morgan fingerprint density at radius 2 is 1.58 bits per heavy atom. The van der Waals surface area contributed by atoms with Crippen molar-refractivity contribution < 1.29 is 4.79 Å². The van der Waals surface area contributed by atoms with Gasteiger partial charge >= 0.3 is 0 Å². The molecule has 2 unspecified atom stereocenters. The molecule has 1 aliphatic rings. The van der Waals surface area contributed by atoms with Gasteiger partial charge in [0.1, 0.15) is 0 Å². The van der Waals surface area contributed by atoms with E-state index >= 15 is 0 Å². The molecule has 48 heavy (non-hydrogen) atoms. The average molecular weight is 663 g/mol. The van der Waals surface area contributed by atoms with E-state index in [1.54, 1.807) is 0 Å². The van der Waals surface area contributed by atoms with Crippen LogP contribution in [0.3, 0.4) is 0 Å². The Balaban J connectivity index is 0. The van der Waals surface area contributed by atoms with E-state index in [9.17, 15) is 4.79 Å². The Morgan fingerprint density at radius 1 is 0.958 bits per heavy atom. The van der Waals surface area contributed by atoms with Crippen molar-refractivity contribution in [3.8, 4) is 6.07 Å². The lowest BCUT2D eigenvalue weighted by atomic mass is 9.87. The molecule has 0 aromatic rings. The quantitative estimate of drug-likeness (QED) is 0.0996. The van der Waals surface area contributed by atoms with Crippen molar-refractivity contribution in [2.75, 3.05) is 19.6 Å². The van der Waals surface area contributed by atoms with Crippen LogP contribution in [0.2, 0.25) is 0 Å². The Hall–Kier alpha value is -3.13. The third kappa shape index (κ3) is 19.0. The molecule has 0 aliphatic carbocycles. The van der Waals surface area contributed by atoms with Crippen LogP contribution >= 0.6 is 0 Å². The van der Waals surface area contributed by atoms with Gasteiger partial charge in [-0.3, -0.25) is 9.79 Å². The second kappa shape index (κ2) is 28.8. The molecule has 0 spiro atoms. The number of piperazine rings is 1. The molecule has 5 nitrogen and oxygen atoms in total. The lowest BCUT2D eigenvalue weighted by Gasteiger charge is -2.43. The van der Waals surface area contributed by atoms with Gasteiger partial charge in [0.05, 0.1) is 11.6 Å². The van der Waals surface area contributed by atoms with E-state index in [0.29, 0.717) is 5.92 Å². The minimum Gasteiger partial charge on any atom is -0.371 e. The molecular weight excluding hydrogens is 589 g/mol. The molecule has 2 atom stereocenters. The van der Waals surface area contributed by atoms with Gasteiger partial charge in [0.15, 0.2) is 0 Å². The first-order valence-electron chi connectivity index (χ1n) is 18.9. The van der Waals surface area contributed by atoms with Crippen molar-refractivity contribution in [2.24, 2.45) is 16.8 Å². The van der Waals surface area contributed by atoms with Crippen LogP contribution in [0.4, 0.5) is 0 Å². The topological polar surface area (TPSA) is 59.7 Å². The number of allylic oxidation sites excluding steroid dienone is 11. The zero-order valence-electron chi connectivity index (χ0n) is 33.7. The number of rotatable bonds is 15. The van der Waals surface area contributed by atoms with Gasteiger partial charge in [-0.25, -0.2) is 0 Å². The van der Waals surface area contributed by atoms with E-state index in [-0.39, 0.29) is 17.9 Å². The zero-order valence-corrected chi connectivity index (χ0v) is 33.7. The summed E-state index contributed by atoms with van der Waals surface area (Å²) in [5.74, 6) is 0.789. The lowest BCUT2D eigenvalue weighted by Crippen LogP contribution is -2.54. The number of nitriles is 1. The highest BCUT2D eigenvalue weighted by Crippen LogP contribution is 2.29. The van der Waals surface area contributed by atoms with Crippen molar-refractivity contribution in [3.05, 3.63) is 70.6 Å². The molecule has 0 bridgehead atoms. The monoisotopic (exact) mass is 663 g/mol. The summed E-state index contributed by atoms with van der Waals surface area (Å²) in [6.45, 7) is 32.5. The van der Waals surface area contributed by atoms with Gasteiger partial charge in [-0.2, -0.15) is 5.26 Å². The van der Waals surface area contributed by atoms with Gasteiger partial charge in [0.2, 0.25) is 5.91 Å². The molecule has 5 heteroatoms. The molecule has 0 aromatic carbocycles. The standard InChI is InChI=1S/C25H43N3O.C13H19N.C5H12/c1-10-13-14-26-21(8)24(23(12-3)19(6)11-2)22(9)27-15-16-28(20(7)17-27)25(29)18(4)5;1-4-6-7-9-13(11-14)10-12(3)8-5-2;1-3-5-4-2/h12-14,18-20H,10-11,15-17H2,1-9H3;6-7,9-10H,4-5,8H2,1-3H3;3-5H2,1-2H3/b14-13+,23-12-,24-22-,26-21+;7-6+,12-10+,13-9+;. The molecule has 0 N–H and O–H groups in total. The van der Waals surface area contributed by atoms with E-state index < -0.39 is 0 Å². The van der Waals surface area contributed by atoms with Crippen LogP contribution in [0.15, 0.2) is 75.6 Å². The predicted octanol–water partition coefficient (Wildman–Crippen LogP) is 12.2. The van der Waals surface area contributed by atoms with Gasteiger partial charge in [-0.05, 0) is 83.9 Å². The molecule has 1 aliphatic heterocycles. The van der Waals surface area contributed by atoms with Gasteiger partial charge in [-0.1, -0.05) is 118 Å². The van der Waals surface area contributed by atoms with E-state index in [1.807, 2.05) is 49.3 Å². The fraction of sp³-hybridized carbons (Fsp3) is 0.651. The number of carbonyl (C=O) groups excluding carboxylic acids is 1. The number of hydrogen-bond donors (Lipinski definition) is 0. The van der Waals surface area contributed by atoms with Gasteiger partial charge in [-0.15, -0.1) is 0 Å².